The Hall–Kier alpha value is -3.51. The molecule has 2 heterocycles. The SMILES string of the molecule is N=C(N)c1ccccc1C(N)C1CCCc2c(Cc3nc4ccccc4[nH]3)ccnc21. The van der Waals surface area contributed by atoms with Crippen LogP contribution in [0, 0.1) is 5.41 Å². The first-order valence-electron chi connectivity index (χ1n) is 10.7. The van der Waals surface area contributed by atoms with Crippen molar-refractivity contribution in [2.75, 3.05) is 0 Å². The maximum absolute atomic E-state index is 7.93. The second kappa shape index (κ2) is 7.96. The van der Waals surface area contributed by atoms with Crippen molar-refractivity contribution in [3.63, 3.8) is 0 Å². The summed E-state index contributed by atoms with van der Waals surface area (Å²) in [5.41, 5.74) is 19.9. The van der Waals surface area contributed by atoms with Crippen molar-refractivity contribution in [3.05, 3.63) is 94.6 Å². The zero-order valence-electron chi connectivity index (χ0n) is 17.3. The Morgan fingerprint density at radius 3 is 2.77 bits per heavy atom. The molecule has 0 saturated carbocycles. The van der Waals surface area contributed by atoms with Crippen molar-refractivity contribution in [3.8, 4) is 0 Å². The Morgan fingerprint density at radius 2 is 1.94 bits per heavy atom. The first-order chi connectivity index (χ1) is 15.1. The molecule has 2 unspecified atom stereocenters. The molecule has 5 rings (SSSR count). The van der Waals surface area contributed by atoms with Gasteiger partial charge >= 0.3 is 0 Å². The van der Waals surface area contributed by atoms with Crippen molar-refractivity contribution < 1.29 is 0 Å². The third kappa shape index (κ3) is 3.59. The number of nitrogens with zero attached hydrogens (tertiary/aromatic N) is 2. The zero-order valence-corrected chi connectivity index (χ0v) is 17.3. The van der Waals surface area contributed by atoms with Gasteiger partial charge in [-0.25, -0.2) is 4.98 Å². The molecule has 1 aliphatic rings. The highest BCUT2D eigenvalue weighted by atomic mass is 14.9. The molecule has 0 aliphatic heterocycles. The van der Waals surface area contributed by atoms with Gasteiger partial charge in [-0.2, -0.15) is 0 Å². The number of aromatic nitrogens is 3. The molecular formula is C25H26N6. The second-order valence-electron chi connectivity index (χ2n) is 8.24. The molecule has 2 aromatic carbocycles. The van der Waals surface area contributed by atoms with Crippen LogP contribution in [0.15, 0.2) is 60.8 Å². The minimum Gasteiger partial charge on any atom is -0.384 e. The van der Waals surface area contributed by atoms with Crippen LogP contribution in [0.4, 0.5) is 0 Å². The van der Waals surface area contributed by atoms with E-state index >= 15 is 0 Å². The predicted molar refractivity (Wildman–Crippen MR) is 123 cm³/mol. The van der Waals surface area contributed by atoms with Gasteiger partial charge in [0.2, 0.25) is 0 Å². The lowest BCUT2D eigenvalue weighted by atomic mass is 9.77. The second-order valence-corrected chi connectivity index (χ2v) is 8.24. The minimum absolute atomic E-state index is 0.0497. The lowest BCUT2D eigenvalue weighted by molar-refractivity contribution is 0.461. The minimum atomic E-state index is -0.256. The van der Waals surface area contributed by atoms with Crippen molar-refractivity contribution in [1.29, 1.82) is 5.41 Å². The van der Waals surface area contributed by atoms with Crippen LogP contribution in [0.5, 0.6) is 0 Å². The standard InChI is InChI=1S/C25H26N6/c26-23(17-6-1-2-7-18(17)25(27)28)19-9-5-8-16-15(12-13-29-24(16)19)14-22-30-20-10-3-4-11-21(20)31-22/h1-4,6-7,10-13,19,23H,5,8-9,14,26H2,(H3,27,28)(H,30,31). The predicted octanol–water partition coefficient (Wildman–Crippen LogP) is 3.95. The largest absolute Gasteiger partial charge is 0.384 e. The number of amidine groups is 1. The number of hydrogen-bond donors (Lipinski definition) is 4. The van der Waals surface area contributed by atoms with Gasteiger partial charge in [-0.15, -0.1) is 0 Å². The highest BCUT2D eigenvalue weighted by Crippen LogP contribution is 2.40. The number of fused-ring (bicyclic) bond motifs is 2. The van der Waals surface area contributed by atoms with Gasteiger partial charge in [0.25, 0.3) is 0 Å². The quantitative estimate of drug-likeness (QED) is 0.294. The molecule has 4 aromatic rings. The maximum Gasteiger partial charge on any atom is 0.123 e. The zero-order chi connectivity index (χ0) is 21.4. The Balaban J connectivity index is 1.50. The van der Waals surface area contributed by atoms with Gasteiger partial charge in [0, 0.05) is 35.8 Å². The monoisotopic (exact) mass is 410 g/mol. The van der Waals surface area contributed by atoms with Crippen molar-refractivity contribution >= 4 is 16.9 Å². The summed E-state index contributed by atoms with van der Waals surface area (Å²) in [6, 6.07) is 17.6. The molecule has 0 spiro atoms. The highest BCUT2D eigenvalue weighted by molar-refractivity contribution is 5.96. The summed E-state index contributed by atoms with van der Waals surface area (Å²) >= 11 is 0. The molecule has 2 aromatic heterocycles. The van der Waals surface area contributed by atoms with Gasteiger partial charge in [0.05, 0.1) is 11.0 Å². The van der Waals surface area contributed by atoms with Gasteiger partial charge < -0.3 is 16.5 Å². The lowest BCUT2D eigenvalue weighted by Gasteiger charge is -2.31. The first kappa shape index (κ1) is 19.5. The fourth-order valence-corrected chi connectivity index (χ4v) is 4.83. The molecule has 6 heteroatoms. The molecule has 31 heavy (non-hydrogen) atoms. The summed E-state index contributed by atoms with van der Waals surface area (Å²) in [5, 5.41) is 7.93. The third-order valence-corrected chi connectivity index (χ3v) is 6.32. The van der Waals surface area contributed by atoms with E-state index < -0.39 is 0 Å². The molecule has 0 amide bonds. The van der Waals surface area contributed by atoms with Crippen LogP contribution in [0.1, 0.15) is 58.6 Å². The lowest BCUT2D eigenvalue weighted by Crippen LogP contribution is -2.28. The van der Waals surface area contributed by atoms with Crippen LogP contribution in [-0.4, -0.2) is 20.8 Å². The molecular weight excluding hydrogens is 384 g/mol. The number of hydrogen-bond acceptors (Lipinski definition) is 4. The van der Waals surface area contributed by atoms with E-state index in [1.165, 1.54) is 11.1 Å². The number of nitrogen functional groups attached to an aromatic ring is 1. The van der Waals surface area contributed by atoms with E-state index in [-0.39, 0.29) is 17.8 Å². The fourth-order valence-electron chi connectivity index (χ4n) is 4.83. The van der Waals surface area contributed by atoms with Crippen LogP contribution in [0.3, 0.4) is 0 Å². The van der Waals surface area contributed by atoms with Crippen molar-refractivity contribution in [1.82, 2.24) is 15.0 Å². The van der Waals surface area contributed by atoms with Gasteiger partial charge in [0.1, 0.15) is 11.7 Å². The van der Waals surface area contributed by atoms with Crippen molar-refractivity contribution in [2.45, 2.75) is 37.6 Å². The normalized spacial score (nSPS) is 16.7. The van der Waals surface area contributed by atoms with E-state index in [2.05, 4.69) is 17.1 Å². The van der Waals surface area contributed by atoms with Gasteiger partial charge in [-0.05, 0) is 54.2 Å². The molecule has 0 bridgehead atoms. The number of benzene rings is 2. The number of pyridine rings is 1. The number of rotatable bonds is 5. The Morgan fingerprint density at radius 1 is 1.13 bits per heavy atom. The average molecular weight is 411 g/mol. The third-order valence-electron chi connectivity index (χ3n) is 6.32. The summed E-state index contributed by atoms with van der Waals surface area (Å²) < 4.78 is 0. The van der Waals surface area contributed by atoms with Crippen LogP contribution in [-0.2, 0) is 12.8 Å². The summed E-state index contributed by atoms with van der Waals surface area (Å²) in [6.07, 6.45) is 5.66. The van der Waals surface area contributed by atoms with E-state index in [1.54, 1.807) is 0 Å². The molecule has 6 N–H and O–H groups in total. The van der Waals surface area contributed by atoms with Gasteiger partial charge in [-0.3, -0.25) is 10.4 Å². The summed E-state index contributed by atoms with van der Waals surface area (Å²) in [7, 11) is 0. The highest BCUT2D eigenvalue weighted by Gasteiger charge is 2.30. The van der Waals surface area contributed by atoms with Crippen LogP contribution >= 0.6 is 0 Å². The maximum atomic E-state index is 7.93. The molecule has 2 atom stereocenters. The van der Waals surface area contributed by atoms with E-state index in [0.717, 1.165) is 53.8 Å². The molecule has 6 nitrogen and oxygen atoms in total. The van der Waals surface area contributed by atoms with Gasteiger partial charge in [-0.1, -0.05) is 36.4 Å². The Bertz CT molecular complexity index is 1220. The van der Waals surface area contributed by atoms with Crippen LogP contribution < -0.4 is 11.5 Å². The number of aromatic amines is 1. The fraction of sp³-hybridized carbons (Fsp3) is 0.240. The van der Waals surface area contributed by atoms with Crippen LogP contribution in [0.25, 0.3) is 11.0 Å². The number of para-hydroxylation sites is 2. The number of nitrogens with one attached hydrogen (secondary N) is 2. The number of H-pyrrole nitrogens is 1. The molecule has 1 aliphatic carbocycles. The smallest absolute Gasteiger partial charge is 0.123 e. The first-order valence-corrected chi connectivity index (χ1v) is 10.7. The van der Waals surface area contributed by atoms with E-state index in [0.29, 0.717) is 5.56 Å². The summed E-state index contributed by atoms with van der Waals surface area (Å²) in [6.45, 7) is 0. The van der Waals surface area contributed by atoms with Crippen LogP contribution in [0.2, 0.25) is 0 Å². The van der Waals surface area contributed by atoms with E-state index in [9.17, 15) is 0 Å². The van der Waals surface area contributed by atoms with E-state index in [1.807, 2.05) is 48.7 Å². The molecule has 0 fully saturated rings. The Kier molecular flexibility index (Phi) is 5.00. The molecule has 156 valence electrons. The average Bonchev–Trinajstić information content (AvgIpc) is 3.21. The number of imidazole rings is 1. The van der Waals surface area contributed by atoms with Gasteiger partial charge in [0.15, 0.2) is 0 Å². The molecule has 0 radical (unpaired) electrons. The van der Waals surface area contributed by atoms with E-state index in [4.69, 9.17) is 26.8 Å². The summed E-state index contributed by atoms with van der Waals surface area (Å²) in [5.74, 6) is 1.11. The molecule has 0 saturated heterocycles. The van der Waals surface area contributed by atoms with Crippen molar-refractivity contribution in [2.24, 2.45) is 11.5 Å². The Labute approximate surface area is 181 Å². The topological polar surface area (TPSA) is 117 Å². The number of nitrogens with two attached hydrogens (primary N) is 2. The summed E-state index contributed by atoms with van der Waals surface area (Å²) in [4.78, 5) is 13.0.